The minimum Gasteiger partial charge on any atom is -0.492 e. The Morgan fingerprint density at radius 3 is 2.56 bits per heavy atom. The minimum absolute atomic E-state index is 0.640. The van der Waals surface area contributed by atoms with E-state index < -0.39 is 0 Å². The van der Waals surface area contributed by atoms with Crippen molar-refractivity contribution in [3.63, 3.8) is 0 Å². The highest BCUT2D eigenvalue weighted by Crippen LogP contribution is 2.22. The van der Waals surface area contributed by atoms with Gasteiger partial charge in [-0.2, -0.15) is 5.26 Å². The van der Waals surface area contributed by atoms with Crippen molar-refractivity contribution >= 4 is 0 Å². The van der Waals surface area contributed by atoms with Crippen molar-refractivity contribution < 1.29 is 4.74 Å². The number of unbranched alkanes of at least 4 members (excludes halogenated alkanes) is 5. The molecule has 0 saturated carbocycles. The van der Waals surface area contributed by atoms with Crippen LogP contribution in [0.2, 0.25) is 0 Å². The molecule has 0 saturated heterocycles. The zero-order valence-corrected chi connectivity index (χ0v) is 11.5. The SMILES string of the molecule is CCCCCCCCOc1c(C)cccc1C#N. The molecule has 0 radical (unpaired) electrons. The van der Waals surface area contributed by atoms with Gasteiger partial charge < -0.3 is 4.74 Å². The molecular weight excluding hydrogens is 222 g/mol. The summed E-state index contributed by atoms with van der Waals surface area (Å²) in [6.45, 7) is 4.92. The van der Waals surface area contributed by atoms with Crippen molar-refractivity contribution in [1.82, 2.24) is 0 Å². The van der Waals surface area contributed by atoms with Crippen molar-refractivity contribution in [2.24, 2.45) is 0 Å². The van der Waals surface area contributed by atoms with Crippen LogP contribution in [0.4, 0.5) is 0 Å². The highest BCUT2D eigenvalue weighted by molar-refractivity contribution is 5.47. The Kier molecular flexibility index (Phi) is 6.94. The van der Waals surface area contributed by atoms with E-state index in [0.717, 1.165) is 17.7 Å². The van der Waals surface area contributed by atoms with Gasteiger partial charge in [0.25, 0.3) is 0 Å². The third-order valence-corrected chi connectivity index (χ3v) is 3.08. The first-order valence-corrected chi connectivity index (χ1v) is 6.92. The molecular formula is C16H23NO. The molecule has 0 aromatic heterocycles. The van der Waals surface area contributed by atoms with Crippen LogP contribution in [-0.2, 0) is 0 Å². The molecule has 0 amide bonds. The van der Waals surface area contributed by atoms with Gasteiger partial charge in [-0.05, 0) is 25.0 Å². The van der Waals surface area contributed by atoms with Gasteiger partial charge in [0, 0.05) is 0 Å². The average Bonchev–Trinajstić information content (AvgIpc) is 2.39. The van der Waals surface area contributed by atoms with Gasteiger partial charge in [-0.15, -0.1) is 0 Å². The number of nitriles is 1. The van der Waals surface area contributed by atoms with E-state index in [1.807, 2.05) is 25.1 Å². The Balaban J connectivity index is 2.29. The maximum Gasteiger partial charge on any atom is 0.139 e. The van der Waals surface area contributed by atoms with Gasteiger partial charge in [-0.3, -0.25) is 0 Å². The largest absolute Gasteiger partial charge is 0.492 e. The second-order valence-electron chi connectivity index (χ2n) is 4.68. The fourth-order valence-corrected chi connectivity index (χ4v) is 1.99. The molecule has 98 valence electrons. The van der Waals surface area contributed by atoms with E-state index in [4.69, 9.17) is 10.00 Å². The van der Waals surface area contributed by atoms with Crippen LogP contribution in [0.15, 0.2) is 18.2 Å². The van der Waals surface area contributed by atoms with Crippen molar-refractivity contribution in [3.05, 3.63) is 29.3 Å². The van der Waals surface area contributed by atoms with Gasteiger partial charge in [0.2, 0.25) is 0 Å². The zero-order valence-electron chi connectivity index (χ0n) is 11.5. The van der Waals surface area contributed by atoms with Crippen LogP contribution in [0.25, 0.3) is 0 Å². The van der Waals surface area contributed by atoms with Crippen LogP contribution in [0, 0.1) is 18.3 Å². The van der Waals surface area contributed by atoms with Crippen LogP contribution < -0.4 is 4.74 Å². The number of benzene rings is 1. The van der Waals surface area contributed by atoms with Gasteiger partial charge in [0.15, 0.2) is 0 Å². The lowest BCUT2D eigenvalue weighted by Crippen LogP contribution is -2.00. The summed E-state index contributed by atoms with van der Waals surface area (Å²) in [5, 5.41) is 9.01. The van der Waals surface area contributed by atoms with Crippen molar-refractivity contribution in [3.8, 4) is 11.8 Å². The number of aryl methyl sites for hydroxylation is 1. The topological polar surface area (TPSA) is 33.0 Å². The van der Waals surface area contributed by atoms with Crippen molar-refractivity contribution in [2.75, 3.05) is 6.61 Å². The molecule has 0 aliphatic carbocycles. The van der Waals surface area contributed by atoms with Gasteiger partial charge >= 0.3 is 0 Å². The summed E-state index contributed by atoms with van der Waals surface area (Å²) < 4.78 is 5.74. The van der Waals surface area contributed by atoms with Gasteiger partial charge in [-0.25, -0.2) is 0 Å². The van der Waals surface area contributed by atoms with E-state index in [1.54, 1.807) is 0 Å². The molecule has 0 atom stereocenters. The third kappa shape index (κ3) is 4.79. The van der Waals surface area contributed by atoms with Crippen LogP contribution in [0.5, 0.6) is 5.75 Å². The lowest BCUT2D eigenvalue weighted by molar-refractivity contribution is 0.301. The fraction of sp³-hybridized carbons (Fsp3) is 0.562. The molecule has 0 heterocycles. The second-order valence-corrected chi connectivity index (χ2v) is 4.68. The molecule has 2 nitrogen and oxygen atoms in total. The molecule has 0 N–H and O–H groups in total. The maximum absolute atomic E-state index is 9.01. The molecule has 0 aliphatic heterocycles. The van der Waals surface area contributed by atoms with E-state index in [9.17, 15) is 0 Å². The van der Waals surface area contributed by atoms with E-state index in [1.165, 1.54) is 32.1 Å². The normalized spacial score (nSPS) is 10.1. The summed E-state index contributed by atoms with van der Waals surface area (Å²) in [5.41, 5.74) is 1.68. The Hall–Kier alpha value is -1.49. The smallest absolute Gasteiger partial charge is 0.139 e. The number of hydrogen-bond acceptors (Lipinski definition) is 2. The lowest BCUT2D eigenvalue weighted by Gasteiger charge is -2.10. The average molecular weight is 245 g/mol. The van der Waals surface area contributed by atoms with Gasteiger partial charge in [0.05, 0.1) is 12.2 Å². The molecule has 1 aromatic carbocycles. The monoisotopic (exact) mass is 245 g/mol. The zero-order chi connectivity index (χ0) is 13.2. The molecule has 0 spiro atoms. The van der Waals surface area contributed by atoms with E-state index >= 15 is 0 Å². The first-order valence-electron chi connectivity index (χ1n) is 6.92. The number of ether oxygens (including phenoxy) is 1. The predicted octanol–water partition coefficient (Wildman–Crippen LogP) is 4.61. The second kappa shape index (κ2) is 8.58. The number of nitrogens with zero attached hydrogens (tertiary/aromatic N) is 1. The van der Waals surface area contributed by atoms with Gasteiger partial charge in [-0.1, -0.05) is 51.2 Å². The van der Waals surface area contributed by atoms with Gasteiger partial charge in [0.1, 0.15) is 11.8 Å². The van der Waals surface area contributed by atoms with Crippen molar-refractivity contribution in [2.45, 2.75) is 52.4 Å². The summed E-state index contributed by atoms with van der Waals surface area (Å²) in [7, 11) is 0. The number of hydrogen-bond donors (Lipinski definition) is 0. The minimum atomic E-state index is 0.640. The Labute approximate surface area is 111 Å². The number of rotatable bonds is 8. The van der Waals surface area contributed by atoms with Crippen LogP contribution in [0.1, 0.15) is 56.6 Å². The Morgan fingerprint density at radius 1 is 1.11 bits per heavy atom. The summed E-state index contributed by atoms with van der Waals surface area (Å²) >= 11 is 0. The molecule has 0 unspecified atom stereocenters. The molecule has 2 heteroatoms. The quantitative estimate of drug-likeness (QED) is 0.627. The van der Waals surface area contributed by atoms with Crippen LogP contribution in [-0.4, -0.2) is 6.61 Å². The molecule has 1 aromatic rings. The first kappa shape index (κ1) is 14.6. The molecule has 1 rings (SSSR count). The lowest BCUT2D eigenvalue weighted by atomic mass is 10.1. The molecule has 0 aliphatic rings. The summed E-state index contributed by atoms with van der Waals surface area (Å²) in [5.74, 6) is 0.758. The summed E-state index contributed by atoms with van der Waals surface area (Å²) in [6.07, 6.45) is 7.51. The fourth-order valence-electron chi connectivity index (χ4n) is 1.99. The van der Waals surface area contributed by atoms with E-state index in [-0.39, 0.29) is 0 Å². The van der Waals surface area contributed by atoms with E-state index in [0.29, 0.717) is 12.2 Å². The summed E-state index contributed by atoms with van der Waals surface area (Å²) in [4.78, 5) is 0. The summed E-state index contributed by atoms with van der Waals surface area (Å²) in [6, 6.07) is 7.87. The van der Waals surface area contributed by atoms with Crippen LogP contribution in [0.3, 0.4) is 0 Å². The van der Waals surface area contributed by atoms with Crippen molar-refractivity contribution in [1.29, 1.82) is 5.26 Å². The maximum atomic E-state index is 9.01. The number of para-hydroxylation sites is 1. The first-order chi connectivity index (χ1) is 8.79. The predicted molar refractivity (Wildman–Crippen MR) is 74.8 cm³/mol. The third-order valence-electron chi connectivity index (χ3n) is 3.08. The molecule has 0 bridgehead atoms. The Morgan fingerprint density at radius 2 is 1.83 bits per heavy atom. The van der Waals surface area contributed by atoms with Crippen LogP contribution >= 0.6 is 0 Å². The highest BCUT2D eigenvalue weighted by Gasteiger charge is 2.05. The standard InChI is InChI=1S/C16H23NO/c1-3-4-5-6-7-8-12-18-16-14(2)10-9-11-15(16)13-17/h9-11H,3-8,12H2,1-2H3. The Bertz CT molecular complexity index is 393. The molecule has 0 fully saturated rings. The highest BCUT2D eigenvalue weighted by atomic mass is 16.5. The van der Waals surface area contributed by atoms with E-state index in [2.05, 4.69) is 13.0 Å². The molecule has 18 heavy (non-hydrogen) atoms.